The summed E-state index contributed by atoms with van der Waals surface area (Å²) in [5.74, 6) is 0.982. The molecule has 0 unspecified atom stereocenters. The van der Waals surface area contributed by atoms with E-state index in [1.165, 1.54) is 0 Å². The Morgan fingerprint density at radius 2 is 1.81 bits per heavy atom. The van der Waals surface area contributed by atoms with Crippen LogP contribution in [0.2, 0.25) is 0 Å². The Bertz CT molecular complexity index is 591. The molecule has 6 heteroatoms. The van der Waals surface area contributed by atoms with Gasteiger partial charge in [-0.25, -0.2) is 0 Å². The minimum Gasteiger partial charge on any atom is -0.497 e. The average Bonchev–Trinajstić information content (AvgIpc) is 2.73. The van der Waals surface area contributed by atoms with Gasteiger partial charge in [0.05, 0.1) is 20.3 Å². The van der Waals surface area contributed by atoms with Gasteiger partial charge in [0, 0.05) is 31.6 Å². The van der Waals surface area contributed by atoms with Gasteiger partial charge in [-0.2, -0.15) is 0 Å². The normalized spacial score (nSPS) is 21.0. The molecule has 6 nitrogen and oxygen atoms in total. The number of hydrogen-bond acceptors (Lipinski definition) is 5. The lowest BCUT2D eigenvalue weighted by Crippen LogP contribution is -2.62. The van der Waals surface area contributed by atoms with Crippen molar-refractivity contribution in [2.45, 2.75) is 31.2 Å². The molecule has 2 aliphatic rings. The highest BCUT2D eigenvalue weighted by atomic mass is 16.5. The molecule has 2 saturated heterocycles. The predicted molar refractivity (Wildman–Crippen MR) is 106 cm³/mol. The van der Waals surface area contributed by atoms with Crippen molar-refractivity contribution in [1.29, 1.82) is 0 Å². The molecule has 0 saturated carbocycles. The molecule has 0 aliphatic carbocycles. The number of carbonyl (C=O) groups is 1. The fourth-order valence-corrected chi connectivity index (χ4v) is 4.08. The van der Waals surface area contributed by atoms with Crippen LogP contribution >= 0.6 is 0 Å². The van der Waals surface area contributed by atoms with E-state index in [9.17, 15) is 4.79 Å². The Labute approximate surface area is 162 Å². The highest BCUT2D eigenvalue weighted by Crippen LogP contribution is 2.29. The van der Waals surface area contributed by atoms with Crippen LogP contribution in [-0.4, -0.2) is 81.3 Å². The number of amides is 1. The van der Waals surface area contributed by atoms with E-state index < -0.39 is 0 Å². The molecule has 1 N–H and O–H groups in total. The molecule has 0 spiro atoms. The summed E-state index contributed by atoms with van der Waals surface area (Å²) >= 11 is 0. The maximum atomic E-state index is 12.5. The summed E-state index contributed by atoms with van der Waals surface area (Å²) in [6, 6.07) is 7.94. The molecule has 27 heavy (non-hydrogen) atoms. The molecule has 1 amide bonds. The zero-order chi connectivity index (χ0) is 19.1. The quantitative estimate of drug-likeness (QED) is 0.784. The first-order valence-electron chi connectivity index (χ1n) is 10.0. The topological polar surface area (TPSA) is 54.0 Å². The summed E-state index contributed by atoms with van der Waals surface area (Å²) in [6.07, 6.45) is 3.47. The van der Waals surface area contributed by atoms with Crippen LogP contribution in [0.5, 0.6) is 5.75 Å². The molecule has 0 aromatic heterocycles. The Balaban J connectivity index is 1.52. The van der Waals surface area contributed by atoms with Crippen LogP contribution in [-0.2, 0) is 16.0 Å². The van der Waals surface area contributed by atoms with Gasteiger partial charge in [0.25, 0.3) is 0 Å². The van der Waals surface area contributed by atoms with E-state index >= 15 is 0 Å². The molecule has 1 aromatic rings. The van der Waals surface area contributed by atoms with Crippen molar-refractivity contribution in [3.63, 3.8) is 0 Å². The predicted octanol–water partition coefficient (Wildman–Crippen LogP) is 1.54. The molecule has 150 valence electrons. The number of ether oxygens (including phenoxy) is 2. The van der Waals surface area contributed by atoms with Crippen molar-refractivity contribution in [1.82, 2.24) is 15.1 Å². The number of piperidine rings is 1. The number of rotatable bonds is 7. The van der Waals surface area contributed by atoms with E-state index in [0.29, 0.717) is 6.42 Å². The minimum atomic E-state index is 0.0755. The average molecular weight is 376 g/mol. The Kier molecular flexibility index (Phi) is 7.10. The van der Waals surface area contributed by atoms with E-state index in [0.717, 1.165) is 76.5 Å². The Morgan fingerprint density at radius 1 is 1.15 bits per heavy atom. The third-order valence-electron chi connectivity index (χ3n) is 6.01. The number of benzene rings is 1. The monoisotopic (exact) mass is 375 g/mol. The van der Waals surface area contributed by atoms with E-state index in [1.54, 1.807) is 7.11 Å². The van der Waals surface area contributed by atoms with E-state index in [2.05, 4.69) is 22.2 Å². The van der Waals surface area contributed by atoms with E-state index in [1.807, 2.05) is 24.3 Å². The van der Waals surface area contributed by atoms with Crippen LogP contribution in [0.25, 0.3) is 0 Å². The van der Waals surface area contributed by atoms with E-state index in [4.69, 9.17) is 9.47 Å². The van der Waals surface area contributed by atoms with Crippen LogP contribution in [0.15, 0.2) is 24.3 Å². The standard InChI is InChI=1S/C21H33N3O3/c1-23-11-9-21(10-12-23,24-13-15-27-16-14-24)17-22-20(25)8-5-18-3-6-19(26-2)7-4-18/h3-4,6-7H,5,8-17H2,1-2H3,(H,22,25). The van der Waals surface area contributed by atoms with Gasteiger partial charge >= 0.3 is 0 Å². The molecule has 3 rings (SSSR count). The van der Waals surface area contributed by atoms with E-state index in [-0.39, 0.29) is 11.4 Å². The van der Waals surface area contributed by atoms with Gasteiger partial charge in [-0.3, -0.25) is 9.69 Å². The molecule has 1 aromatic carbocycles. The summed E-state index contributed by atoms with van der Waals surface area (Å²) in [5.41, 5.74) is 1.24. The Morgan fingerprint density at radius 3 is 2.44 bits per heavy atom. The molecular weight excluding hydrogens is 342 g/mol. The summed E-state index contributed by atoms with van der Waals surface area (Å²) in [6.45, 7) is 6.42. The second kappa shape index (κ2) is 9.53. The van der Waals surface area contributed by atoms with Gasteiger partial charge in [-0.1, -0.05) is 12.1 Å². The fraction of sp³-hybridized carbons (Fsp3) is 0.667. The van der Waals surface area contributed by atoms with Crippen molar-refractivity contribution < 1.29 is 14.3 Å². The van der Waals surface area contributed by atoms with Crippen LogP contribution in [0.4, 0.5) is 0 Å². The SMILES string of the molecule is COc1ccc(CCC(=O)NCC2(N3CCOCC3)CCN(C)CC2)cc1. The van der Waals surface area contributed by atoms with Gasteiger partial charge in [-0.05, 0) is 57.1 Å². The first-order valence-corrected chi connectivity index (χ1v) is 10.0. The van der Waals surface area contributed by atoms with Crippen molar-refractivity contribution in [3.8, 4) is 5.75 Å². The maximum Gasteiger partial charge on any atom is 0.220 e. The number of carbonyl (C=O) groups excluding carboxylic acids is 1. The van der Waals surface area contributed by atoms with Crippen LogP contribution in [0, 0.1) is 0 Å². The maximum absolute atomic E-state index is 12.5. The zero-order valence-corrected chi connectivity index (χ0v) is 16.7. The zero-order valence-electron chi connectivity index (χ0n) is 16.7. The Hall–Kier alpha value is -1.63. The van der Waals surface area contributed by atoms with Crippen molar-refractivity contribution >= 4 is 5.91 Å². The largest absolute Gasteiger partial charge is 0.497 e. The van der Waals surface area contributed by atoms with Crippen molar-refractivity contribution in [2.24, 2.45) is 0 Å². The lowest BCUT2D eigenvalue weighted by molar-refractivity contribution is -0.122. The fourth-order valence-electron chi connectivity index (χ4n) is 4.08. The molecular formula is C21H33N3O3. The third-order valence-corrected chi connectivity index (χ3v) is 6.01. The van der Waals surface area contributed by atoms with Crippen LogP contribution < -0.4 is 10.1 Å². The van der Waals surface area contributed by atoms with Gasteiger partial charge in [0.2, 0.25) is 5.91 Å². The molecule has 2 aliphatic heterocycles. The summed E-state index contributed by atoms with van der Waals surface area (Å²) in [4.78, 5) is 17.4. The molecule has 2 fully saturated rings. The molecule has 0 radical (unpaired) electrons. The number of nitrogens with zero attached hydrogens (tertiary/aromatic N) is 2. The number of hydrogen-bond donors (Lipinski definition) is 1. The van der Waals surface area contributed by atoms with Crippen molar-refractivity contribution in [3.05, 3.63) is 29.8 Å². The lowest BCUT2D eigenvalue weighted by Gasteiger charge is -2.49. The smallest absolute Gasteiger partial charge is 0.220 e. The van der Waals surface area contributed by atoms with Gasteiger partial charge in [0.15, 0.2) is 0 Å². The van der Waals surface area contributed by atoms with Crippen LogP contribution in [0.3, 0.4) is 0 Å². The second-order valence-corrected chi connectivity index (χ2v) is 7.75. The first kappa shape index (κ1) is 20.1. The first-order chi connectivity index (χ1) is 13.1. The highest BCUT2D eigenvalue weighted by molar-refractivity contribution is 5.76. The minimum absolute atomic E-state index is 0.0755. The van der Waals surface area contributed by atoms with Gasteiger partial charge in [0.1, 0.15) is 5.75 Å². The number of morpholine rings is 1. The second-order valence-electron chi connectivity index (χ2n) is 7.75. The highest BCUT2D eigenvalue weighted by Gasteiger charge is 2.39. The van der Waals surface area contributed by atoms with Crippen molar-refractivity contribution in [2.75, 3.05) is 60.1 Å². The number of methoxy groups -OCH3 is 1. The number of aryl methyl sites for hydroxylation is 1. The summed E-state index contributed by atoms with van der Waals surface area (Å²) in [5, 5.41) is 3.23. The molecule has 0 bridgehead atoms. The molecule has 0 atom stereocenters. The number of nitrogens with one attached hydrogen (secondary N) is 1. The lowest BCUT2D eigenvalue weighted by atomic mass is 9.85. The molecule has 2 heterocycles. The number of likely N-dealkylation sites (tertiary alicyclic amines) is 1. The van der Waals surface area contributed by atoms with Gasteiger partial charge < -0.3 is 19.7 Å². The summed E-state index contributed by atoms with van der Waals surface area (Å²) < 4.78 is 10.7. The van der Waals surface area contributed by atoms with Gasteiger partial charge in [-0.15, -0.1) is 0 Å². The third kappa shape index (κ3) is 5.43. The van der Waals surface area contributed by atoms with Crippen LogP contribution in [0.1, 0.15) is 24.8 Å². The summed E-state index contributed by atoms with van der Waals surface area (Å²) in [7, 11) is 3.84.